The van der Waals surface area contributed by atoms with Gasteiger partial charge in [0, 0.05) is 30.1 Å². The number of ether oxygens (including phenoxy) is 1. The van der Waals surface area contributed by atoms with Crippen LogP contribution in [0.15, 0.2) is 76.6 Å². The van der Waals surface area contributed by atoms with Crippen molar-refractivity contribution in [2.75, 3.05) is 42.7 Å². The monoisotopic (exact) mass is 533 g/mol. The predicted molar refractivity (Wildman–Crippen MR) is 145 cm³/mol. The van der Waals surface area contributed by atoms with E-state index >= 15 is 0 Å². The number of anilines is 3. The lowest BCUT2D eigenvalue weighted by atomic mass is 9.96. The number of amides is 2. The molecule has 3 aromatic rings. The number of carbonyl (C=O) groups is 2. The van der Waals surface area contributed by atoms with Gasteiger partial charge in [0.1, 0.15) is 5.92 Å². The highest BCUT2D eigenvalue weighted by Gasteiger charge is 2.35. The van der Waals surface area contributed by atoms with Gasteiger partial charge in [-0.25, -0.2) is 8.42 Å². The van der Waals surface area contributed by atoms with Crippen LogP contribution in [0, 0.1) is 0 Å². The molecule has 0 spiro atoms. The maximum atomic E-state index is 13.2. The Labute approximate surface area is 220 Å². The zero-order valence-corrected chi connectivity index (χ0v) is 21.5. The van der Waals surface area contributed by atoms with Crippen molar-refractivity contribution in [2.45, 2.75) is 17.7 Å². The minimum absolute atomic E-state index is 0.127. The molecule has 1 atom stereocenters. The van der Waals surface area contributed by atoms with Crippen LogP contribution in [0.4, 0.5) is 22.7 Å². The van der Waals surface area contributed by atoms with Crippen molar-refractivity contribution in [3.05, 3.63) is 77.9 Å². The fourth-order valence-corrected chi connectivity index (χ4v) is 5.96. The van der Waals surface area contributed by atoms with E-state index in [1.807, 2.05) is 0 Å². The van der Waals surface area contributed by atoms with Crippen LogP contribution in [0.2, 0.25) is 0 Å². The second-order valence-corrected chi connectivity index (χ2v) is 11.0. The SMILES string of the molecule is CC(=Nc1ccc(C(=O)Nc2ccccc2N)cc1)C1C(=O)Nc2ccc(S(=O)(=O)N3CCOCC3)cc21. The Balaban J connectivity index is 1.36. The van der Waals surface area contributed by atoms with Crippen LogP contribution in [0.5, 0.6) is 0 Å². The topological polar surface area (TPSA) is 143 Å². The number of morpholine rings is 1. The molecule has 10 nitrogen and oxygen atoms in total. The van der Waals surface area contributed by atoms with E-state index in [1.54, 1.807) is 67.6 Å². The van der Waals surface area contributed by atoms with E-state index in [4.69, 9.17) is 10.5 Å². The lowest BCUT2D eigenvalue weighted by molar-refractivity contribution is -0.115. The van der Waals surface area contributed by atoms with Gasteiger partial charge in [0.25, 0.3) is 5.91 Å². The van der Waals surface area contributed by atoms with E-state index in [9.17, 15) is 18.0 Å². The zero-order valence-electron chi connectivity index (χ0n) is 20.7. The van der Waals surface area contributed by atoms with Crippen molar-refractivity contribution in [3.63, 3.8) is 0 Å². The molecule has 2 heterocycles. The Hall–Kier alpha value is -4.06. The molecule has 2 amide bonds. The minimum atomic E-state index is -3.72. The molecule has 5 rings (SSSR count). The number of hydrogen-bond acceptors (Lipinski definition) is 7. The molecule has 0 aromatic heterocycles. The van der Waals surface area contributed by atoms with Crippen molar-refractivity contribution in [2.24, 2.45) is 4.99 Å². The average Bonchev–Trinajstić information content (AvgIpc) is 3.26. The number of nitrogens with one attached hydrogen (secondary N) is 2. The Morgan fingerprint density at radius 1 is 1.08 bits per heavy atom. The summed E-state index contributed by atoms with van der Waals surface area (Å²) in [5.41, 5.74) is 9.47. The first kappa shape index (κ1) is 25.6. The Morgan fingerprint density at radius 2 is 1.79 bits per heavy atom. The second-order valence-electron chi connectivity index (χ2n) is 9.03. The van der Waals surface area contributed by atoms with E-state index in [-0.39, 0.29) is 29.8 Å². The third-order valence-corrected chi connectivity index (χ3v) is 8.42. The normalized spacial score (nSPS) is 18.1. The number of rotatable bonds is 6. The minimum Gasteiger partial charge on any atom is -0.397 e. The van der Waals surface area contributed by atoms with Crippen LogP contribution in [0.3, 0.4) is 0 Å². The second kappa shape index (κ2) is 10.4. The first-order chi connectivity index (χ1) is 18.2. The van der Waals surface area contributed by atoms with Crippen LogP contribution in [-0.2, 0) is 19.6 Å². The van der Waals surface area contributed by atoms with Gasteiger partial charge in [-0.1, -0.05) is 12.1 Å². The molecular weight excluding hydrogens is 506 g/mol. The predicted octanol–water partition coefficient (Wildman–Crippen LogP) is 3.37. The summed E-state index contributed by atoms with van der Waals surface area (Å²) in [5.74, 6) is -1.33. The number of fused-ring (bicyclic) bond motifs is 1. The highest BCUT2D eigenvalue weighted by atomic mass is 32.2. The molecule has 1 fully saturated rings. The van der Waals surface area contributed by atoms with Crippen LogP contribution in [-0.4, -0.2) is 56.6 Å². The first-order valence-electron chi connectivity index (χ1n) is 12.1. The molecule has 2 aliphatic rings. The summed E-state index contributed by atoms with van der Waals surface area (Å²) in [5, 5.41) is 5.59. The number of nitrogens with two attached hydrogens (primary N) is 1. The van der Waals surface area contributed by atoms with E-state index in [2.05, 4.69) is 15.6 Å². The highest BCUT2D eigenvalue weighted by molar-refractivity contribution is 7.89. The van der Waals surface area contributed by atoms with Gasteiger partial charge in [-0.3, -0.25) is 14.6 Å². The van der Waals surface area contributed by atoms with Gasteiger partial charge in [-0.05, 0) is 67.1 Å². The highest BCUT2D eigenvalue weighted by Crippen LogP contribution is 2.36. The van der Waals surface area contributed by atoms with E-state index in [1.165, 1.54) is 10.4 Å². The molecule has 38 heavy (non-hydrogen) atoms. The first-order valence-corrected chi connectivity index (χ1v) is 13.5. The smallest absolute Gasteiger partial charge is 0.255 e. The maximum Gasteiger partial charge on any atom is 0.255 e. The van der Waals surface area contributed by atoms with Gasteiger partial charge in [0.05, 0.1) is 35.2 Å². The fraction of sp³-hybridized carbons (Fsp3) is 0.222. The lowest BCUT2D eigenvalue weighted by Crippen LogP contribution is -2.40. The number of carbonyl (C=O) groups excluding carboxylic acids is 2. The van der Waals surface area contributed by atoms with Crippen molar-refractivity contribution in [1.29, 1.82) is 0 Å². The van der Waals surface area contributed by atoms with Crippen LogP contribution in [0.1, 0.15) is 28.8 Å². The zero-order chi connectivity index (χ0) is 26.9. The molecule has 11 heteroatoms. The van der Waals surface area contributed by atoms with Gasteiger partial charge in [0.2, 0.25) is 15.9 Å². The maximum absolute atomic E-state index is 13.2. The van der Waals surface area contributed by atoms with Gasteiger partial charge < -0.3 is 21.1 Å². The van der Waals surface area contributed by atoms with Gasteiger partial charge in [-0.15, -0.1) is 0 Å². The lowest BCUT2D eigenvalue weighted by Gasteiger charge is -2.26. The Kier molecular flexibility index (Phi) is 6.98. The molecule has 3 aromatic carbocycles. The summed E-state index contributed by atoms with van der Waals surface area (Å²) in [6, 6.07) is 18.3. The molecule has 0 radical (unpaired) electrons. The molecular formula is C27H27N5O5S. The standard InChI is InChI=1S/C27H27N5O5S/c1-17(29-19-8-6-18(7-9-19)26(33)31-24-5-3-2-4-22(24)28)25-21-16-20(10-11-23(21)30-27(25)34)38(35,36)32-12-14-37-15-13-32/h2-11,16,25H,12-15,28H2,1H3,(H,30,34)(H,31,33). The summed E-state index contributed by atoms with van der Waals surface area (Å²) >= 11 is 0. The fourth-order valence-electron chi connectivity index (χ4n) is 4.51. The van der Waals surface area contributed by atoms with Crippen molar-refractivity contribution in [3.8, 4) is 0 Å². The van der Waals surface area contributed by atoms with E-state index in [0.717, 1.165) is 0 Å². The number of benzene rings is 3. The molecule has 1 unspecified atom stereocenters. The molecule has 196 valence electrons. The number of nitrogens with zero attached hydrogens (tertiary/aromatic N) is 2. The third kappa shape index (κ3) is 5.03. The van der Waals surface area contributed by atoms with Crippen LogP contribution in [0.25, 0.3) is 0 Å². The summed E-state index contributed by atoms with van der Waals surface area (Å²) < 4.78 is 33.0. The number of nitrogen functional groups attached to an aromatic ring is 1. The van der Waals surface area contributed by atoms with Crippen molar-refractivity contribution in [1.82, 2.24) is 4.31 Å². The number of sulfonamides is 1. The van der Waals surface area contributed by atoms with Crippen LogP contribution < -0.4 is 16.4 Å². The quantitative estimate of drug-likeness (QED) is 0.327. The molecule has 0 bridgehead atoms. The largest absolute Gasteiger partial charge is 0.397 e. The summed E-state index contributed by atoms with van der Waals surface area (Å²) in [7, 11) is -3.72. The molecule has 1 saturated heterocycles. The average molecular weight is 534 g/mol. The van der Waals surface area contributed by atoms with E-state index in [0.29, 0.717) is 52.8 Å². The van der Waals surface area contributed by atoms with Crippen molar-refractivity contribution < 1.29 is 22.7 Å². The Morgan fingerprint density at radius 3 is 2.50 bits per heavy atom. The van der Waals surface area contributed by atoms with Crippen molar-refractivity contribution >= 4 is 50.3 Å². The van der Waals surface area contributed by atoms with Gasteiger partial charge in [0.15, 0.2) is 0 Å². The number of para-hydroxylation sites is 2. The summed E-state index contributed by atoms with van der Waals surface area (Å²) in [6.45, 7) is 2.99. The van der Waals surface area contributed by atoms with Crippen LogP contribution >= 0.6 is 0 Å². The van der Waals surface area contributed by atoms with Gasteiger partial charge in [-0.2, -0.15) is 4.31 Å². The summed E-state index contributed by atoms with van der Waals surface area (Å²) in [4.78, 5) is 30.2. The summed E-state index contributed by atoms with van der Waals surface area (Å²) in [6.07, 6.45) is 0. The number of hydrogen-bond donors (Lipinski definition) is 3. The molecule has 2 aliphatic heterocycles. The number of aliphatic imine (C=N–C) groups is 1. The molecule has 0 saturated carbocycles. The third-order valence-electron chi connectivity index (χ3n) is 6.52. The molecule has 0 aliphatic carbocycles. The Bertz CT molecular complexity index is 1530. The van der Waals surface area contributed by atoms with E-state index < -0.39 is 15.9 Å². The molecule has 4 N–H and O–H groups in total. The van der Waals surface area contributed by atoms with Gasteiger partial charge >= 0.3 is 0 Å².